The van der Waals surface area contributed by atoms with Gasteiger partial charge in [0.05, 0.1) is 12.2 Å². The molecule has 2 aromatic rings. The van der Waals surface area contributed by atoms with Gasteiger partial charge in [0.15, 0.2) is 0 Å². The topological polar surface area (TPSA) is 20.2 Å². The molecule has 0 aliphatic heterocycles. The van der Waals surface area contributed by atoms with E-state index < -0.39 is 30.0 Å². The molecule has 0 saturated carbocycles. The molecule has 1 nitrogen and oxygen atoms in total. The third kappa shape index (κ3) is 3.74. The average Bonchev–Trinajstić information content (AvgIpc) is 2.41. The number of benzene rings is 2. The van der Waals surface area contributed by atoms with Crippen LogP contribution in [0.2, 0.25) is 0 Å². The SMILES string of the molecule is OCc1ccc(Sc2ccc(F)cc2F)c(C(F)(F)F)c1. The molecule has 1 N–H and O–H groups in total. The quantitative estimate of drug-likeness (QED) is 0.832. The molecular weight excluding hydrogens is 311 g/mol. The Morgan fingerprint density at radius 3 is 2.19 bits per heavy atom. The van der Waals surface area contributed by atoms with Crippen LogP contribution in [0.1, 0.15) is 11.1 Å². The van der Waals surface area contributed by atoms with Crippen molar-refractivity contribution in [3.63, 3.8) is 0 Å². The van der Waals surface area contributed by atoms with Crippen LogP contribution in [0.15, 0.2) is 46.2 Å². The number of rotatable bonds is 3. The molecule has 0 bridgehead atoms. The Morgan fingerprint density at radius 2 is 1.62 bits per heavy atom. The number of hydrogen-bond acceptors (Lipinski definition) is 2. The first-order chi connectivity index (χ1) is 9.81. The van der Waals surface area contributed by atoms with Crippen LogP contribution in [-0.2, 0) is 12.8 Å². The van der Waals surface area contributed by atoms with Crippen molar-refractivity contribution >= 4 is 11.8 Å². The minimum atomic E-state index is -4.63. The van der Waals surface area contributed by atoms with E-state index in [-0.39, 0.29) is 15.4 Å². The van der Waals surface area contributed by atoms with Gasteiger partial charge in [0.25, 0.3) is 0 Å². The molecule has 7 heteroatoms. The van der Waals surface area contributed by atoms with Gasteiger partial charge in [-0.1, -0.05) is 17.8 Å². The van der Waals surface area contributed by atoms with Crippen molar-refractivity contribution in [3.05, 3.63) is 59.2 Å². The molecule has 0 unspecified atom stereocenters. The highest BCUT2D eigenvalue weighted by Gasteiger charge is 2.34. The summed E-state index contributed by atoms with van der Waals surface area (Å²) in [6.07, 6.45) is -4.63. The first-order valence-corrected chi connectivity index (χ1v) is 6.57. The van der Waals surface area contributed by atoms with Gasteiger partial charge in [0.2, 0.25) is 0 Å². The minimum Gasteiger partial charge on any atom is -0.392 e. The fourth-order valence-corrected chi connectivity index (χ4v) is 2.61. The zero-order valence-electron chi connectivity index (χ0n) is 10.4. The summed E-state index contributed by atoms with van der Waals surface area (Å²) in [5.74, 6) is -1.73. The maximum Gasteiger partial charge on any atom is 0.417 e. The Kier molecular flexibility index (Phi) is 4.53. The second-order valence-corrected chi connectivity index (χ2v) is 5.25. The zero-order chi connectivity index (χ0) is 15.6. The third-order valence-corrected chi connectivity index (χ3v) is 3.77. The lowest BCUT2D eigenvalue weighted by molar-refractivity contribution is -0.139. The lowest BCUT2D eigenvalue weighted by Gasteiger charge is -2.14. The van der Waals surface area contributed by atoms with Gasteiger partial charge < -0.3 is 5.11 Å². The summed E-state index contributed by atoms with van der Waals surface area (Å²) in [5, 5.41) is 8.91. The number of halogens is 5. The molecule has 0 aliphatic rings. The summed E-state index contributed by atoms with van der Waals surface area (Å²) in [7, 11) is 0. The van der Waals surface area contributed by atoms with E-state index in [4.69, 9.17) is 5.11 Å². The van der Waals surface area contributed by atoms with Crippen LogP contribution in [-0.4, -0.2) is 5.11 Å². The van der Waals surface area contributed by atoms with Gasteiger partial charge >= 0.3 is 6.18 Å². The van der Waals surface area contributed by atoms with E-state index in [9.17, 15) is 22.0 Å². The van der Waals surface area contributed by atoms with Gasteiger partial charge in [-0.15, -0.1) is 0 Å². The van der Waals surface area contributed by atoms with Crippen LogP contribution < -0.4 is 0 Å². The highest BCUT2D eigenvalue weighted by atomic mass is 32.2. The van der Waals surface area contributed by atoms with E-state index in [1.807, 2.05) is 0 Å². The fourth-order valence-electron chi connectivity index (χ4n) is 1.66. The smallest absolute Gasteiger partial charge is 0.392 e. The molecule has 0 aliphatic carbocycles. The lowest BCUT2D eigenvalue weighted by Crippen LogP contribution is -2.07. The maximum atomic E-state index is 13.5. The number of hydrogen-bond donors (Lipinski definition) is 1. The second kappa shape index (κ2) is 6.03. The maximum absolute atomic E-state index is 13.5. The van der Waals surface area contributed by atoms with E-state index in [1.165, 1.54) is 6.07 Å². The first-order valence-electron chi connectivity index (χ1n) is 5.75. The van der Waals surface area contributed by atoms with Gasteiger partial charge in [-0.05, 0) is 29.8 Å². The van der Waals surface area contributed by atoms with Gasteiger partial charge in [-0.3, -0.25) is 0 Å². The summed E-state index contributed by atoms with van der Waals surface area (Å²) >= 11 is 0.552. The molecule has 0 fully saturated rings. The van der Waals surface area contributed by atoms with Crippen molar-refractivity contribution in [2.45, 2.75) is 22.6 Å². The number of aliphatic hydroxyl groups is 1. The summed E-state index contributed by atoms with van der Waals surface area (Å²) in [6, 6.07) is 5.94. The van der Waals surface area contributed by atoms with Gasteiger partial charge in [0.1, 0.15) is 11.6 Å². The largest absolute Gasteiger partial charge is 0.417 e. The van der Waals surface area contributed by atoms with Crippen LogP contribution in [0.25, 0.3) is 0 Å². The number of alkyl halides is 3. The van der Waals surface area contributed by atoms with E-state index in [0.717, 1.165) is 24.3 Å². The Labute approximate surface area is 121 Å². The van der Waals surface area contributed by atoms with Crippen molar-refractivity contribution in [2.75, 3.05) is 0 Å². The molecule has 2 aromatic carbocycles. The van der Waals surface area contributed by atoms with Crippen LogP contribution in [0.3, 0.4) is 0 Å². The molecule has 0 heterocycles. The lowest BCUT2D eigenvalue weighted by atomic mass is 10.1. The summed E-state index contributed by atoms with van der Waals surface area (Å²) in [4.78, 5) is -0.330. The van der Waals surface area contributed by atoms with Crippen LogP contribution in [0.4, 0.5) is 22.0 Å². The van der Waals surface area contributed by atoms with E-state index in [1.54, 1.807) is 0 Å². The zero-order valence-corrected chi connectivity index (χ0v) is 11.2. The fraction of sp³-hybridized carbons (Fsp3) is 0.143. The monoisotopic (exact) mass is 320 g/mol. The molecule has 21 heavy (non-hydrogen) atoms. The number of aliphatic hydroxyl groups excluding tert-OH is 1. The van der Waals surface area contributed by atoms with Crippen molar-refractivity contribution < 1.29 is 27.1 Å². The Morgan fingerprint density at radius 1 is 0.952 bits per heavy atom. The molecule has 112 valence electrons. The molecule has 2 rings (SSSR count). The molecule has 0 atom stereocenters. The van der Waals surface area contributed by atoms with Crippen LogP contribution in [0.5, 0.6) is 0 Å². The molecule has 0 saturated heterocycles. The van der Waals surface area contributed by atoms with Crippen LogP contribution in [0, 0.1) is 11.6 Å². The van der Waals surface area contributed by atoms with Gasteiger partial charge in [-0.25, -0.2) is 8.78 Å². The van der Waals surface area contributed by atoms with Crippen molar-refractivity contribution in [2.24, 2.45) is 0 Å². The highest BCUT2D eigenvalue weighted by molar-refractivity contribution is 7.99. The highest BCUT2D eigenvalue weighted by Crippen LogP contribution is 2.40. The Hall–Kier alpha value is -1.60. The van der Waals surface area contributed by atoms with Gasteiger partial charge in [0, 0.05) is 15.9 Å². The molecule has 0 radical (unpaired) electrons. The normalized spacial score (nSPS) is 11.7. The Bertz CT molecular complexity index is 654. The average molecular weight is 320 g/mol. The van der Waals surface area contributed by atoms with Crippen LogP contribution >= 0.6 is 11.8 Å². The summed E-state index contributed by atoms with van der Waals surface area (Å²) in [6.45, 7) is -0.529. The molecule has 0 spiro atoms. The second-order valence-electron chi connectivity index (χ2n) is 4.16. The van der Waals surface area contributed by atoms with E-state index >= 15 is 0 Å². The predicted molar refractivity (Wildman–Crippen MR) is 67.8 cm³/mol. The molecule has 0 amide bonds. The third-order valence-electron chi connectivity index (χ3n) is 2.65. The van der Waals surface area contributed by atoms with E-state index in [2.05, 4.69) is 0 Å². The van der Waals surface area contributed by atoms with Crippen molar-refractivity contribution in [3.8, 4) is 0 Å². The molecular formula is C14H9F5OS. The standard InChI is InChI=1S/C14H9F5OS/c15-9-2-4-13(11(16)6-9)21-12-3-1-8(7-20)5-10(12)14(17,18)19/h1-6,20H,7H2. The molecule has 0 aromatic heterocycles. The minimum absolute atomic E-state index is 0.103. The summed E-state index contributed by atoms with van der Waals surface area (Å²) in [5.41, 5.74) is -0.867. The van der Waals surface area contributed by atoms with Crippen molar-refractivity contribution in [1.29, 1.82) is 0 Å². The van der Waals surface area contributed by atoms with Crippen molar-refractivity contribution in [1.82, 2.24) is 0 Å². The summed E-state index contributed by atoms with van der Waals surface area (Å²) < 4.78 is 65.3. The first kappa shape index (κ1) is 15.8. The Balaban J connectivity index is 2.44. The predicted octanol–water partition coefficient (Wildman–Crippen LogP) is 4.63. The van der Waals surface area contributed by atoms with E-state index in [0.29, 0.717) is 17.8 Å². The van der Waals surface area contributed by atoms with Gasteiger partial charge in [-0.2, -0.15) is 13.2 Å².